The molecule has 1 aliphatic rings. The zero-order chi connectivity index (χ0) is 19.8. The molecule has 2 atom stereocenters. The van der Waals surface area contributed by atoms with Gasteiger partial charge in [-0.15, -0.1) is 0 Å². The van der Waals surface area contributed by atoms with Crippen LogP contribution in [-0.2, 0) is 4.79 Å². The second kappa shape index (κ2) is 7.17. The summed E-state index contributed by atoms with van der Waals surface area (Å²) in [5.41, 5.74) is 5.98. The summed E-state index contributed by atoms with van der Waals surface area (Å²) in [6, 6.07) is 15.9. The third-order valence-corrected chi connectivity index (χ3v) is 5.87. The van der Waals surface area contributed by atoms with Crippen LogP contribution < -0.4 is 5.32 Å². The number of pyridine rings is 1. The first-order chi connectivity index (χ1) is 14.2. The maximum atomic E-state index is 12.9. The van der Waals surface area contributed by atoms with E-state index in [0.717, 1.165) is 46.6 Å². The van der Waals surface area contributed by atoms with Gasteiger partial charge in [-0.05, 0) is 67.3 Å². The fourth-order valence-corrected chi connectivity index (χ4v) is 4.07. The van der Waals surface area contributed by atoms with Crippen molar-refractivity contribution >= 4 is 17.2 Å². The molecule has 5 rings (SSSR count). The summed E-state index contributed by atoms with van der Waals surface area (Å²) >= 11 is 0. The predicted molar refractivity (Wildman–Crippen MR) is 114 cm³/mol. The van der Waals surface area contributed by atoms with Crippen molar-refractivity contribution in [2.45, 2.75) is 25.7 Å². The average molecular weight is 382 g/mol. The van der Waals surface area contributed by atoms with E-state index in [9.17, 15) is 4.79 Å². The first kappa shape index (κ1) is 17.6. The lowest BCUT2D eigenvalue weighted by Crippen LogP contribution is -2.35. The van der Waals surface area contributed by atoms with Crippen molar-refractivity contribution in [3.05, 3.63) is 84.6 Å². The normalized spacial score (nSPS) is 18.4. The lowest BCUT2D eigenvalue weighted by Gasteiger charge is -2.35. The van der Waals surface area contributed by atoms with Gasteiger partial charge < -0.3 is 9.72 Å². The number of hydrogen-bond donors (Lipinski definition) is 1. The highest BCUT2D eigenvalue weighted by Gasteiger charge is 2.38. The molecule has 0 bridgehead atoms. The van der Waals surface area contributed by atoms with E-state index in [2.05, 4.69) is 28.4 Å². The summed E-state index contributed by atoms with van der Waals surface area (Å²) in [7, 11) is 0. The van der Waals surface area contributed by atoms with Crippen molar-refractivity contribution in [3.8, 4) is 11.1 Å². The second-order valence-electron chi connectivity index (χ2n) is 7.68. The Labute approximate surface area is 169 Å². The number of aromatic nitrogens is 3. The predicted octanol–water partition coefficient (Wildman–Crippen LogP) is 4.84. The first-order valence-corrected chi connectivity index (χ1v) is 9.94. The zero-order valence-corrected chi connectivity index (χ0v) is 16.2. The van der Waals surface area contributed by atoms with Crippen LogP contribution >= 0.6 is 0 Å². The number of benzene rings is 1. The minimum Gasteiger partial charge on any atom is -0.326 e. The maximum absolute atomic E-state index is 12.9. The molecule has 3 heterocycles. The Balaban J connectivity index is 1.38. The lowest BCUT2D eigenvalue weighted by molar-refractivity contribution is -0.123. The minimum atomic E-state index is -0.0208. The molecule has 1 saturated carbocycles. The molecule has 0 saturated heterocycles. The highest BCUT2D eigenvalue weighted by atomic mass is 16.1. The van der Waals surface area contributed by atoms with Gasteiger partial charge >= 0.3 is 0 Å². The Kier molecular flexibility index (Phi) is 4.35. The third kappa shape index (κ3) is 3.29. The largest absolute Gasteiger partial charge is 0.326 e. The molecule has 1 amide bonds. The van der Waals surface area contributed by atoms with E-state index in [1.165, 1.54) is 0 Å². The molecule has 144 valence electrons. The molecule has 0 radical (unpaired) electrons. The fourth-order valence-electron chi connectivity index (χ4n) is 4.07. The van der Waals surface area contributed by atoms with Crippen LogP contribution in [0.1, 0.15) is 30.0 Å². The van der Waals surface area contributed by atoms with E-state index in [1.807, 2.05) is 65.3 Å². The zero-order valence-electron chi connectivity index (χ0n) is 16.2. The van der Waals surface area contributed by atoms with Crippen LogP contribution in [0.15, 0.2) is 73.3 Å². The number of nitrogens with zero attached hydrogens (tertiary/aromatic N) is 3. The number of fused-ring (bicyclic) bond motifs is 1. The van der Waals surface area contributed by atoms with Gasteiger partial charge in [-0.3, -0.25) is 9.78 Å². The van der Waals surface area contributed by atoms with Crippen LogP contribution in [-0.4, -0.2) is 20.3 Å². The van der Waals surface area contributed by atoms with E-state index in [1.54, 1.807) is 6.20 Å². The van der Waals surface area contributed by atoms with Crippen molar-refractivity contribution in [2.75, 3.05) is 5.32 Å². The number of hydrogen-bond acceptors (Lipinski definition) is 3. The minimum absolute atomic E-state index is 0.0208. The first-order valence-electron chi connectivity index (χ1n) is 9.94. The van der Waals surface area contributed by atoms with E-state index >= 15 is 0 Å². The van der Waals surface area contributed by atoms with Crippen LogP contribution in [0, 0.1) is 12.8 Å². The van der Waals surface area contributed by atoms with E-state index in [4.69, 9.17) is 0 Å². The molecule has 0 aliphatic heterocycles. The van der Waals surface area contributed by atoms with Crippen molar-refractivity contribution < 1.29 is 4.79 Å². The monoisotopic (exact) mass is 382 g/mol. The average Bonchev–Trinajstić information content (AvgIpc) is 3.17. The molecule has 29 heavy (non-hydrogen) atoms. The quantitative estimate of drug-likeness (QED) is 0.550. The molecule has 1 aromatic carbocycles. The third-order valence-electron chi connectivity index (χ3n) is 5.87. The number of rotatable bonds is 4. The summed E-state index contributed by atoms with van der Waals surface area (Å²) in [5.74, 6) is 0.259. The molecule has 1 N–H and O–H groups in total. The van der Waals surface area contributed by atoms with Crippen LogP contribution in [0.4, 0.5) is 5.69 Å². The van der Waals surface area contributed by atoms with Gasteiger partial charge in [0.1, 0.15) is 5.65 Å². The van der Waals surface area contributed by atoms with Gasteiger partial charge in [0.2, 0.25) is 5.91 Å². The molecule has 0 spiro atoms. The van der Waals surface area contributed by atoms with E-state index in [0.29, 0.717) is 0 Å². The van der Waals surface area contributed by atoms with Crippen molar-refractivity contribution in [1.29, 1.82) is 0 Å². The standard InChI is InChI=1S/C24H22N4O/c1-16-7-8-18(13-21(16)17-14-26-23-6-4-12-28(23)15-17)27-24(29)20-10-9-19(20)22-5-2-3-11-25-22/h2-8,11-15,19-20H,9-10H2,1H3,(H,27,29)/t19-,20-/m0/s1. The van der Waals surface area contributed by atoms with Gasteiger partial charge in [0.25, 0.3) is 0 Å². The number of anilines is 1. The molecule has 5 heteroatoms. The van der Waals surface area contributed by atoms with Gasteiger partial charge in [-0.1, -0.05) is 12.1 Å². The van der Waals surface area contributed by atoms with Crippen molar-refractivity contribution in [2.24, 2.45) is 5.92 Å². The summed E-state index contributed by atoms with van der Waals surface area (Å²) in [5, 5.41) is 3.12. The van der Waals surface area contributed by atoms with Gasteiger partial charge in [0.15, 0.2) is 0 Å². The van der Waals surface area contributed by atoms with Crippen molar-refractivity contribution in [3.63, 3.8) is 0 Å². The highest BCUT2D eigenvalue weighted by Crippen LogP contribution is 2.42. The van der Waals surface area contributed by atoms with Crippen LogP contribution in [0.3, 0.4) is 0 Å². The molecule has 5 nitrogen and oxygen atoms in total. The number of nitrogens with one attached hydrogen (secondary N) is 1. The second-order valence-corrected chi connectivity index (χ2v) is 7.68. The van der Waals surface area contributed by atoms with Gasteiger partial charge in [0.05, 0.1) is 0 Å². The summed E-state index contributed by atoms with van der Waals surface area (Å²) in [6.07, 6.45) is 9.65. The van der Waals surface area contributed by atoms with Gasteiger partial charge in [0, 0.05) is 53.6 Å². The Bertz CT molecular complexity index is 1180. The Morgan fingerprint density at radius 1 is 1.10 bits per heavy atom. The molecular formula is C24H22N4O. The number of carbonyl (C=O) groups is 1. The van der Waals surface area contributed by atoms with Crippen LogP contribution in [0.5, 0.6) is 0 Å². The topological polar surface area (TPSA) is 59.3 Å². The Morgan fingerprint density at radius 3 is 2.83 bits per heavy atom. The van der Waals surface area contributed by atoms with Gasteiger partial charge in [-0.2, -0.15) is 0 Å². The highest BCUT2D eigenvalue weighted by molar-refractivity contribution is 5.94. The van der Waals surface area contributed by atoms with Gasteiger partial charge in [-0.25, -0.2) is 4.98 Å². The van der Waals surface area contributed by atoms with Crippen molar-refractivity contribution in [1.82, 2.24) is 14.4 Å². The summed E-state index contributed by atoms with van der Waals surface area (Å²) in [6.45, 7) is 2.07. The summed E-state index contributed by atoms with van der Waals surface area (Å²) in [4.78, 5) is 21.8. The van der Waals surface area contributed by atoms with E-state index in [-0.39, 0.29) is 17.7 Å². The van der Waals surface area contributed by atoms with Crippen LogP contribution in [0.2, 0.25) is 0 Å². The lowest BCUT2D eigenvalue weighted by atomic mass is 9.71. The summed E-state index contributed by atoms with van der Waals surface area (Å²) < 4.78 is 2.01. The molecule has 4 aromatic rings. The molecule has 3 aromatic heterocycles. The Hall–Kier alpha value is -3.47. The number of amides is 1. The fraction of sp³-hybridized carbons (Fsp3) is 0.208. The molecule has 0 unspecified atom stereocenters. The van der Waals surface area contributed by atoms with Crippen LogP contribution in [0.25, 0.3) is 16.8 Å². The Morgan fingerprint density at radius 2 is 2.03 bits per heavy atom. The molecular weight excluding hydrogens is 360 g/mol. The molecule has 1 aliphatic carbocycles. The number of aryl methyl sites for hydroxylation is 1. The van der Waals surface area contributed by atoms with E-state index < -0.39 is 0 Å². The smallest absolute Gasteiger partial charge is 0.228 e. The molecule has 1 fully saturated rings. The maximum Gasteiger partial charge on any atom is 0.228 e. The number of carbonyl (C=O) groups excluding carboxylic acids is 1. The SMILES string of the molecule is Cc1ccc(NC(=O)[C@H]2CC[C@@H]2c2ccccn2)cc1-c1cnc2cccn2c1.